The molecular formula is C14H19NO2. The van der Waals surface area contributed by atoms with Crippen LogP contribution in [0.3, 0.4) is 0 Å². The Morgan fingerprint density at radius 1 is 1.41 bits per heavy atom. The minimum Gasteiger partial charge on any atom is -0.462 e. The normalized spacial score (nSPS) is 23.6. The molecule has 0 saturated carbocycles. The lowest BCUT2D eigenvalue weighted by Crippen LogP contribution is -2.16. The van der Waals surface area contributed by atoms with E-state index in [1.807, 2.05) is 31.2 Å². The van der Waals surface area contributed by atoms with Crippen LogP contribution in [0.4, 0.5) is 0 Å². The SMILES string of the molecule is CCOC(=O)c1ccc(C2CNC(C)C2)cc1. The van der Waals surface area contributed by atoms with Crippen LogP contribution in [0.1, 0.15) is 42.1 Å². The Balaban J connectivity index is 2.05. The average molecular weight is 233 g/mol. The standard InChI is InChI=1S/C14H19NO2/c1-3-17-14(16)12-6-4-11(5-7-12)13-8-10(2)15-9-13/h4-7,10,13,15H,3,8-9H2,1-2H3. The van der Waals surface area contributed by atoms with Crippen LogP contribution in [-0.4, -0.2) is 25.2 Å². The molecule has 0 spiro atoms. The second-order valence-electron chi connectivity index (χ2n) is 4.58. The van der Waals surface area contributed by atoms with Gasteiger partial charge in [-0.25, -0.2) is 4.79 Å². The Bertz CT molecular complexity index is 386. The zero-order chi connectivity index (χ0) is 12.3. The molecule has 0 amide bonds. The van der Waals surface area contributed by atoms with Gasteiger partial charge in [-0.05, 0) is 43.9 Å². The smallest absolute Gasteiger partial charge is 0.338 e. The number of carbonyl (C=O) groups excluding carboxylic acids is 1. The first-order chi connectivity index (χ1) is 8.20. The molecule has 1 heterocycles. The van der Waals surface area contributed by atoms with Gasteiger partial charge in [0.25, 0.3) is 0 Å². The van der Waals surface area contributed by atoms with Crippen LogP contribution in [0.15, 0.2) is 24.3 Å². The van der Waals surface area contributed by atoms with Crippen LogP contribution in [0, 0.1) is 0 Å². The van der Waals surface area contributed by atoms with E-state index in [1.165, 1.54) is 12.0 Å². The highest BCUT2D eigenvalue weighted by Gasteiger charge is 2.22. The Labute approximate surface area is 102 Å². The van der Waals surface area contributed by atoms with E-state index < -0.39 is 0 Å². The van der Waals surface area contributed by atoms with Gasteiger partial charge in [-0.2, -0.15) is 0 Å². The van der Waals surface area contributed by atoms with Gasteiger partial charge < -0.3 is 10.1 Å². The van der Waals surface area contributed by atoms with Gasteiger partial charge in [0.2, 0.25) is 0 Å². The van der Waals surface area contributed by atoms with Gasteiger partial charge in [0.15, 0.2) is 0 Å². The van der Waals surface area contributed by atoms with Crippen LogP contribution in [-0.2, 0) is 4.74 Å². The molecule has 1 fully saturated rings. The minimum atomic E-state index is -0.239. The summed E-state index contributed by atoms with van der Waals surface area (Å²) in [5.41, 5.74) is 1.93. The molecule has 3 nitrogen and oxygen atoms in total. The van der Waals surface area contributed by atoms with Gasteiger partial charge in [-0.3, -0.25) is 0 Å². The van der Waals surface area contributed by atoms with Crippen LogP contribution in [0.5, 0.6) is 0 Å². The van der Waals surface area contributed by atoms with Gasteiger partial charge in [0.1, 0.15) is 0 Å². The van der Waals surface area contributed by atoms with Crippen molar-refractivity contribution in [3.63, 3.8) is 0 Å². The minimum absolute atomic E-state index is 0.239. The number of nitrogens with one attached hydrogen (secondary N) is 1. The lowest BCUT2D eigenvalue weighted by atomic mass is 9.96. The van der Waals surface area contributed by atoms with Crippen LogP contribution >= 0.6 is 0 Å². The van der Waals surface area contributed by atoms with E-state index in [4.69, 9.17) is 4.74 Å². The molecule has 3 heteroatoms. The summed E-state index contributed by atoms with van der Waals surface area (Å²) < 4.78 is 4.96. The van der Waals surface area contributed by atoms with Gasteiger partial charge in [0, 0.05) is 12.6 Å². The molecule has 1 aliphatic rings. The van der Waals surface area contributed by atoms with Crippen LogP contribution < -0.4 is 5.32 Å². The number of hydrogen-bond acceptors (Lipinski definition) is 3. The summed E-state index contributed by atoms with van der Waals surface area (Å²) in [4.78, 5) is 11.5. The maximum atomic E-state index is 11.5. The predicted molar refractivity (Wildman–Crippen MR) is 67.2 cm³/mol. The first-order valence-corrected chi connectivity index (χ1v) is 6.21. The molecule has 1 saturated heterocycles. The average Bonchev–Trinajstić information content (AvgIpc) is 2.76. The number of ether oxygens (including phenoxy) is 1. The van der Waals surface area contributed by atoms with Crippen LogP contribution in [0.2, 0.25) is 0 Å². The van der Waals surface area contributed by atoms with Crippen molar-refractivity contribution in [2.45, 2.75) is 32.2 Å². The lowest BCUT2D eigenvalue weighted by molar-refractivity contribution is 0.0526. The van der Waals surface area contributed by atoms with Crippen molar-refractivity contribution in [2.24, 2.45) is 0 Å². The molecule has 1 N–H and O–H groups in total. The Kier molecular flexibility index (Phi) is 3.79. The van der Waals surface area contributed by atoms with E-state index >= 15 is 0 Å². The third kappa shape index (κ3) is 2.86. The first-order valence-electron chi connectivity index (χ1n) is 6.21. The summed E-state index contributed by atoms with van der Waals surface area (Å²) in [5, 5.41) is 3.43. The lowest BCUT2D eigenvalue weighted by Gasteiger charge is -2.09. The fourth-order valence-electron chi connectivity index (χ4n) is 2.30. The highest BCUT2D eigenvalue weighted by molar-refractivity contribution is 5.89. The van der Waals surface area contributed by atoms with Crippen molar-refractivity contribution in [1.29, 1.82) is 0 Å². The molecule has 0 bridgehead atoms. The van der Waals surface area contributed by atoms with E-state index in [1.54, 1.807) is 0 Å². The maximum Gasteiger partial charge on any atom is 0.338 e. The number of benzene rings is 1. The fraction of sp³-hybridized carbons (Fsp3) is 0.500. The summed E-state index contributed by atoms with van der Waals surface area (Å²) >= 11 is 0. The van der Waals surface area contributed by atoms with E-state index in [-0.39, 0.29) is 5.97 Å². The molecule has 1 aromatic carbocycles. The predicted octanol–water partition coefficient (Wildman–Crippen LogP) is 2.33. The van der Waals surface area contributed by atoms with Gasteiger partial charge >= 0.3 is 5.97 Å². The highest BCUT2D eigenvalue weighted by Crippen LogP contribution is 2.25. The Hall–Kier alpha value is -1.35. The fourth-order valence-corrected chi connectivity index (χ4v) is 2.30. The Morgan fingerprint density at radius 2 is 2.12 bits per heavy atom. The van der Waals surface area contributed by atoms with E-state index in [0.717, 1.165) is 6.54 Å². The summed E-state index contributed by atoms with van der Waals surface area (Å²) in [6.45, 7) is 5.47. The molecule has 17 heavy (non-hydrogen) atoms. The van der Waals surface area contributed by atoms with Gasteiger partial charge in [0.05, 0.1) is 12.2 Å². The van der Waals surface area contributed by atoms with Crippen molar-refractivity contribution in [3.05, 3.63) is 35.4 Å². The number of carbonyl (C=O) groups is 1. The summed E-state index contributed by atoms with van der Waals surface area (Å²) in [6, 6.07) is 8.38. The van der Waals surface area contributed by atoms with Crippen molar-refractivity contribution < 1.29 is 9.53 Å². The quantitative estimate of drug-likeness (QED) is 0.814. The molecule has 2 atom stereocenters. The largest absolute Gasteiger partial charge is 0.462 e. The monoisotopic (exact) mass is 233 g/mol. The van der Waals surface area contributed by atoms with Crippen molar-refractivity contribution >= 4 is 5.97 Å². The third-order valence-corrected chi connectivity index (χ3v) is 3.24. The van der Waals surface area contributed by atoms with E-state index in [0.29, 0.717) is 24.1 Å². The van der Waals surface area contributed by atoms with Crippen LogP contribution in [0.25, 0.3) is 0 Å². The molecule has 0 aromatic heterocycles. The summed E-state index contributed by atoms with van der Waals surface area (Å²) in [7, 11) is 0. The molecule has 92 valence electrons. The number of esters is 1. The second kappa shape index (κ2) is 5.32. The van der Waals surface area contributed by atoms with Gasteiger partial charge in [-0.15, -0.1) is 0 Å². The maximum absolute atomic E-state index is 11.5. The highest BCUT2D eigenvalue weighted by atomic mass is 16.5. The number of rotatable bonds is 3. The van der Waals surface area contributed by atoms with Crippen molar-refractivity contribution in [1.82, 2.24) is 5.32 Å². The molecule has 2 unspecified atom stereocenters. The molecule has 0 aliphatic carbocycles. The molecule has 1 aromatic rings. The molecular weight excluding hydrogens is 214 g/mol. The summed E-state index contributed by atoms with van der Waals surface area (Å²) in [5.74, 6) is 0.332. The molecule has 2 rings (SSSR count). The van der Waals surface area contributed by atoms with E-state index in [9.17, 15) is 4.79 Å². The number of hydrogen-bond donors (Lipinski definition) is 1. The van der Waals surface area contributed by atoms with Crippen molar-refractivity contribution in [2.75, 3.05) is 13.2 Å². The van der Waals surface area contributed by atoms with E-state index in [2.05, 4.69) is 12.2 Å². The second-order valence-corrected chi connectivity index (χ2v) is 4.58. The summed E-state index contributed by atoms with van der Waals surface area (Å²) in [6.07, 6.45) is 1.17. The topological polar surface area (TPSA) is 38.3 Å². The first kappa shape index (κ1) is 12.1. The molecule has 1 aliphatic heterocycles. The zero-order valence-corrected chi connectivity index (χ0v) is 10.4. The Morgan fingerprint density at radius 3 is 2.65 bits per heavy atom. The third-order valence-electron chi connectivity index (χ3n) is 3.24. The van der Waals surface area contributed by atoms with Gasteiger partial charge in [-0.1, -0.05) is 12.1 Å². The zero-order valence-electron chi connectivity index (χ0n) is 10.4. The van der Waals surface area contributed by atoms with Crippen molar-refractivity contribution in [3.8, 4) is 0 Å². The molecule has 0 radical (unpaired) electrons.